The van der Waals surface area contributed by atoms with Crippen LogP contribution >= 0.6 is 0 Å². The van der Waals surface area contributed by atoms with Crippen molar-refractivity contribution in [3.05, 3.63) is 65.3 Å². The standard InChI is InChI=1S/C19H16N2O/c1-22-16-6-4-14(5-7-16)19-10-13-2-8-17(15(11-20)12-21)18(19)9-3-13/h2-9,13,18-19H,10H2,1H3. The van der Waals surface area contributed by atoms with Crippen LogP contribution in [0.2, 0.25) is 0 Å². The molecule has 0 radical (unpaired) electrons. The van der Waals surface area contributed by atoms with Crippen LogP contribution in [-0.4, -0.2) is 7.11 Å². The highest BCUT2D eigenvalue weighted by atomic mass is 16.5. The summed E-state index contributed by atoms with van der Waals surface area (Å²) in [6, 6.07) is 12.2. The monoisotopic (exact) mass is 288 g/mol. The zero-order valence-electron chi connectivity index (χ0n) is 12.4. The average Bonchev–Trinajstić information content (AvgIpc) is 2.88. The number of nitrogens with zero attached hydrogens (tertiary/aromatic N) is 2. The maximum Gasteiger partial charge on any atom is 0.133 e. The van der Waals surface area contributed by atoms with Crippen LogP contribution in [0.25, 0.3) is 0 Å². The van der Waals surface area contributed by atoms with Crippen molar-refractivity contribution >= 4 is 0 Å². The summed E-state index contributed by atoms with van der Waals surface area (Å²) in [5.41, 5.74) is 2.27. The van der Waals surface area contributed by atoms with Gasteiger partial charge in [0.15, 0.2) is 0 Å². The summed E-state index contributed by atoms with van der Waals surface area (Å²) in [6.45, 7) is 0. The van der Waals surface area contributed by atoms with Gasteiger partial charge in [0.2, 0.25) is 0 Å². The zero-order chi connectivity index (χ0) is 15.5. The van der Waals surface area contributed by atoms with E-state index in [1.54, 1.807) is 7.11 Å². The van der Waals surface area contributed by atoms with E-state index in [1.807, 2.05) is 30.3 Å². The van der Waals surface area contributed by atoms with Crippen molar-refractivity contribution in [1.82, 2.24) is 0 Å². The van der Waals surface area contributed by atoms with Crippen molar-refractivity contribution in [2.45, 2.75) is 12.3 Å². The third-order valence-corrected chi connectivity index (χ3v) is 4.46. The van der Waals surface area contributed by atoms with Gasteiger partial charge in [-0.25, -0.2) is 0 Å². The molecule has 22 heavy (non-hydrogen) atoms. The molecule has 2 bridgehead atoms. The largest absolute Gasteiger partial charge is 0.497 e. The molecule has 0 saturated heterocycles. The molecule has 0 N–H and O–H groups in total. The Labute approximate surface area is 130 Å². The minimum Gasteiger partial charge on any atom is -0.497 e. The highest BCUT2D eigenvalue weighted by Gasteiger charge is 2.32. The number of hydrogen-bond donors (Lipinski definition) is 0. The molecule has 0 amide bonds. The number of allylic oxidation sites excluding steroid dienone is 6. The van der Waals surface area contributed by atoms with E-state index in [4.69, 9.17) is 4.74 Å². The molecule has 3 nitrogen and oxygen atoms in total. The van der Waals surface area contributed by atoms with Crippen LogP contribution in [-0.2, 0) is 0 Å². The Bertz CT molecular complexity index is 725. The Morgan fingerprint density at radius 3 is 2.45 bits per heavy atom. The molecule has 0 heterocycles. The second kappa shape index (κ2) is 5.92. The van der Waals surface area contributed by atoms with Crippen LogP contribution in [0.3, 0.4) is 0 Å². The smallest absolute Gasteiger partial charge is 0.133 e. The molecular weight excluding hydrogens is 272 g/mol. The number of fused-ring (bicyclic) bond motifs is 2. The van der Waals surface area contributed by atoms with Gasteiger partial charge in [0.25, 0.3) is 0 Å². The first kappa shape index (κ1) is 14.2. The number of rotatable bonds is 2. The van der Waals surface area contributed by atoms with Gasteiger partial charge in [-0.1, -0.05) is 36.4 Å². The van der Waals surface area contributed by atoms with Crippen LogP contribution in [0, 0.1) is 34.5 Å². The zero-order valence-corrected chi connectivity index (χ0v) is 12.4. The van der Waals surface area contributed by atoms with Gasteiger partial charge in [0, 0.05) is 5.92 Å². The highest BCUT2D eigenvalue weighted by molar-refractivity contribution is 5.51. The molecule has 0 spiro atoms. The number of nitriles is 2. The Kier molecular flexibility index (Phi) is 3.81. The quantitative estimate of drug-likeness (QED) is 0.613. The molecule has 0 saturated carbocycles. The third kappa shape index (κ3) is 2.43. The molecule has 0 fully saturated rings. The molecule has 4 rings (SSSR count). The lowest BCUT2D eigenvalue weighted by atomic mass is 9.74. The van der Waals surface area contributed by atoms with Gasteiger partial charge < -0.3 is 4.74 Å². The van der Waals surface area contributed by atoms with E-state index in [1.165, 1.54) is 5.56 Å². The van der Waals surface area contributed by atoms with Gasteiger partial charge in [-0.15, -0.1) is 0 Å². The lowest BCUT2D eigenvalue weighted by Gasteiger charge is -2.29. The summed E-state index contributed by atoms with van der Waals surface area (Å²) in [5.74, 6) is 1.56. The van der Waals surface area contributed by atoms with E-state index >= 15 is 0 Å². The van der Waals surface area contributed by atoms with Crippen LogP contribution in [0.4, 0.5) is 0 Å². The fraction of sp³-hybridized carbons (Fsp3) is 0.263. The number of hydrogen-bond acceptors (Lipinski definition) is 3. The van der Waals surface area contributed by atoms with Crippen molar-refractivity contribution < 1.29 is 4.74 Å². The van der Waals surface area contributed by atoms with Gasteiger partial charge in [-0.2, -0.15) is 10.5 Å². The van der Waals surface area contributed by atoms with Crippen molar-refractivity contribution in [2.75, 3.05) is 7.11 Å². The molecule has 1 aromatic carbocycles. The molecule has 3 unspecified atom stereocenters. The Morgan fingerprint density at radius 2 is 1.82 bits per heavy atom. The van der Waals surface area contributed by atoms with Gasteiger partial charge >= 0.3 is 0 Å². The number of ether oxygens (including phenoxy) is 1. The molecule has 1 aromatic rings. The molecule has 3 atom stereocenters. The second-order valence-corrected chi connectivity index (χ2v) is 5.60. The molecule has 3 aliphatic rings. The molecular formula is C19H16N2O. The summed E-state index contributed by atoms with van der Waals surface area (Å²) in [7, 11) is 1.65. The molecule has 3 heteroatoms. The Morgan fingerprint density at radius 1 is 1.09 bits per heavy atom. The minimum absolute atomic E-state index is 0.0812. The van der Waals surface area contributed by atoms with Crippen LogP contribution in [0.15, 0.2) is 59.7 Å². The predicted molar refractivity (Wildman–Crippen MR) is 83.9 cm³/mol. The van der Waals surface area contributed by atoms with Gasteiger partial charge in [-0.3, -0.25) is 0 Å². The number of benzene rings is 1. The first-order valence-corrected chi connectivity index (χ1v) is 7.31. The van der Waals surface area contributed by atoms with E-state index in [0.29, 0.717) is 5.92 Å². The summed E-state index contributed by atoms with van der Waals surface area (Å²) < 4.78 is 5.22. The van der Waals surface area contributed by atoms with E-state index in [2.05, 4.69) is 30.4 Å². The Hall–Kier alpha value is -2.78. The van der Waals surface area contributed by atoms with Gasteiger partial charge in [-0.05, 0) is 41.5 Å². The average molecular weight is 288 g/mol. The van der Waals surface area contributed by atoms with Crippen LogP contribution in [0.1, 0.15) is 17.9 Å². The van der Waals surface area contributed by atoms with E-state index in [0.717, 1.165) is 17.7 Å². The first-order valence-electron chi connectivity index (χ1n) is 7.31. The van der Waals surface area contributed by atoms with E-state index in [9.17, 15) is 10.5 Å². The molecule has 108 valence electrons. The topological polar surface area (TPSA) is 56.8 Å². The third-order valence-electron chi connectivity index (χ3n) is 4.46. The molecule has 0 aliphatic heterocycles. The van der Waals surface area contributed by atoms with E-state index < -0.39 is 0 Å². The second-order valence-electron chi connectivity index (χ2n) is 5.60. The fourth-order valence-corrected chi connectivity index (χ4v) is 3.32. The SMILES string of the molecule is COc1ccc(C2CC3C=CC(=C(C#N)C#N)C2C=C3)cc1. The minimum atomic E-state index is 0.0812. The van der Waals surface area contributed by atoms with Crippen LogP contribution < -0.4 is 4.74 Å². The fourth-order valence-electron chi connectivity index (χ4n) is 3.32. The first-order chi connectivity index (χ1) is 10.8. The maximum absolute atomic E-state index is 9.22. The molecule has 0 aromatic heterocycles. The van der Waals surface area contributed by atoms with Crippen molar-refractivity contribution in [3.8, 4) is 17.9 Å². The van der Waals surface area contributed by atoms with Crippen LogP contribution in [0.5, 0.6) is 5.75 Å². The maximum atomic E-state index is 9.22. The van der Waals surface area contributed by atoms with Crippen molar-refractivity contribution in [1.29, 1.82) is 10.5 Å². The normalized spacial score (nSPS) is 25.2. The van der Waals surface area contributed by atoms with Crippen molar-refractivity contribution in [3.63, 3.8) is 0 Å². The number of methoxy groups -OCH3 is 1. The predicted octanol–water partition coefficient (Wildman–Crippen LogP) is 3.88. The highest BCUT2D eigenvalue weighted by Crippen LogP contribution is 2.44. The summed E-state index contributed by atoms with van der Waals surface area (Å²) in [6.07, 6.45) is 9.38. The summed E-state index contributed by atoms with van der Waals surface area (Å²) >= 11 is 0. The summed E-state index contributed by atoms with van der Waals surface area (Å²) in [4.78, 5) is 0. The molecule has 3 aliphatic carbocycles. The van der Waals surface area contributed by atoms with Crippen molar-refractivity contribution in [2.24, 2.45) is 11.8 Å². The van der Waals surface area contributed by atoms with Gasteiger partial charge in [0.1, 0.15) is 23.5 Å². The lowest BCUT2D eigenvalue weighted by Crippen LogP contribution is -2.18. The van der Waals surface area contributed by atoms with E-state index in [-0.39, 0.29) is 17.4 Å². The lowest BCUT2D eigenvalue weighted by molar-refractivity contribution is 0.414. The van der Waals surface area contributed by atoms with Gasteiger partial charge in [0.05, 0.1) is 7.11 Å². The Balaban J connectivity index is 2.04. The summed E-state index contributed by atoms with van der Waals surface area (Å²) in [5, 5.41) is 18.4.